The number of nitrogens with one attached hydrogen (secondary N) is 2. The second-order valence-electron chi connectivity index (χ2n) is 10.5. The Morgan fingerprint density at radius 2 is 1.87 bits per heavy atom. The highest BCUT2D eigenvalue weighted by atomic mass is 32.2. The molecule has 1 aliphatic carbocycles. The van der Waals surface area contributed by atoms with Gasteiger partial charge < -0.3 is 19.9 Å². The van der Waals surface area contributed by atoms with Crippen molar-refractivity contribution in [1.29, 1.82) is 0 Å². The number of ether oxygens (including phenoxy) is 1. The van der Waals surface area contributed by atoms with Gasteiger partial charge >= 0.3 is 5.97 Å². The van der Waals surface area contributed by atoms with Gasteiger partial charge in [-0.2, -0.15) is 0 Å². The molecule has 208 valence electrons. The highest BCUT2D eigenvalue weighted by molar-refractivity contribution is 8.00. The van der Waals surface area contributed by atoms with Crippen LogP contribution in [0.25, 0.3) is 0 Å². The van der Waals surface area contributed by atoms with E-state index in [1.165, 1.54) is 23.1 Å². The van der Waals surface area contributed by atoms with Gasteiger partial charge in [0, 0.05) is 17.5 Å². The molecule has 4 rings (SSSR count). The van der Waals surface area contributed by atoms with Gasteiger partial charge in [0.25, 0.3) is 5.91 Å². The van der Waals surface area contributed by atoms with E-state index in [4.69, 9.17) is 4.74 Å². The van der Waals surface area contributed by atoms with Crippen LogP contribution in [0.15, 0.2) is 29.4 Å². The second kappa shape index (κ2) is 11.9. The first-order valence-electron chi connectivity index (χ1n) is 13.1. The molecule has 0 unspecified atom stereocenters. The molecule has 2 aromatic heterocycles. The summed E-state index contributed by atoms with van der Waals surface area (Å²) in [4.78, 5) is 39.5. The van der Waals surface area contributed by atoms with Crippen molar-refractivity contribution in [1.82, 2.24) is 20.1 Å². The topological polar surface area (TPSA) is 115 Å². The third kappa shape index (κ3) is 6.52. The van der Waals surface area contributed by atoms with Crippen LogP contribution in [0.4, 0.5) is 5.00 Å². The Balaban J connectivity index is 1.36. The zero-order chi connectivity index (χ0) is 28.3. The Kier molecular flexibility index (Phi) is 8.80. The van der Waals surface area contributed by atoms with E-state index < -0.39 is 11.2 Å². The average molecular weight is 570 g/mol. The number of thioether (sulfide) groups is 1. The molecule has 0 spiro atoms. The van der Waals surface area contributed by atoms with Crippen molar-refractivity contribution in [3.63, 3.8) is 0 Å². The maximum absolute atomic E-state index is 13.1. The van der Waals surface area contributed by atoms with Crippen molar-refractivity contribution in [2.45, 2.75) is 76.2 Å². The number of carbonyl (C=O) groups is 3. The molecule has 2 N–H and O–H groups in total. The summed E-state index contributed by atoms with van der Waals surface area (Å²) in [7, 11) is 1.80. The first-order valence-corrected chi connectivity index (χ1v) is 14.7. The van der Waals surface area contributed by atoms with Gasteiger partial charge in [-0.05, 0) is 61.8 Å². The van der Waals surface area contributed by atoms with Crippen LogP contribution >= 0.6 is 23.1 Å². The number of benzene rings is 1. The number of hydrogen-bond acceptors (Lipinski definition) is 8. The SMILES string of the molecule is CCOC(=O)c1c(NC(=O)[C@@H](C)Sc2nnc(CNC(=O)c3ccc(C(C)(C)C)cc3)n2C)sc2c1CCC2. The largest absolute Gasteiger partial charge is 0.462 e. The van der Waals surface area contributed by atoms with E-state index in [-0.39, 0.29) is 30.4 Å². The lowest BCUT2D eigenvalue weighted by atomic mass is 9.87. The van der Waals surface area contributed by atoms with Crippen LogP contribution in [0.2, 0.25) is 0 Å². The standard InChI is InChI=1S/C28H35N5O4S2/c1-7-37-26(36)22-19-9-8-10-20(19)39-25(22)30-23(34)16(2)38-27-32-31-21(33(27)6)15-29-24(35)17-11-13-18(14-12-17)28(3,4)5/h11-14,16H,7-10,15H2,1-6H3,(H,29,35)(H,30,34)/t16-/m1/s1. The predicted molar refractivity (Wildman–Crippen MR) is 154 cm³/mol. The normalized spacial score (nSPS) is 13.6. The van der Waals surface area contributed by atoms with Crippen LogP contribution in [0, 0.1) is 0 Å². The first kappa shape index (κ1) is 28.8. The molecule has 1 aromatic carbocycles. The minimum atomic E-state index is -0.497. The number of rotatable bonds is 9. The average Bonchev–Trinajstić information content (AvgIpc) is 3.57. The lowest BCUT2D eigenvalue weighted by Crippen LogP contribution is -2.25. The number of aryl methyl sites for hydroxylation is 1. The van der Waals surface area contributed by atoms with Gasteiger partial charge in [-0.1, -0.05) is 44.7 Å². The van der Waals surface area contributed by atoms with Gasteiger partial charge in [0.2, 0.25) is 5.91 Å². The van der Waals surface area contributed by atoms with E-state index in [1.54, 1.807) is 25.5 Å². The maximum Gasteiger partial charge on any atom is 0.341 e. The Hall–Kier alpha value is -3.18. The Bertz CT molecular complexity index is 1370. The van der Waals surface area contributed by atoms with Crippen molar-refractivity contribution in [3.05, 3.63) is 57.2 Å². The second-order valence-corrected chi connectivity index (χ2v) is 12.9. The van der Waals surface area contributed by atoms with Gasteiger partial charge in [0.15, 0.2) is 11.0 Å². The number of hydrogen-bond donors (Lipinski definition) is 2. The fourth-order valence-electron chi connectivity index (χ4n) is 4.32. The van der Waals surface area contributed by atoms with Crippen molar-refractivity contribution < 1.29 is 19.1 Å². The number of thiophene rings is 1. The lowest BCUT2D eigenvalue weighted by Gasteiger charge is -2.19. The van der Waals surface area contributed by atoms with E-state index in [2.05, 4.69) is 41.6 Å². The van der Waals surface area contributed by atoms with Gasteiger partial charge in [-0.25, -0.2) is 4.79 Å². The van der Waals surface area contributed by atoms with Gasteiger partial charge in [0.1, 0.15) is 5.00 Å². The molecule has 0 fully saturated rings. The number of nitrogens with zero attached hydrogens (tertiary/aromatic N) is 3. The fraction of sp³-hybridized carbons (Fsp3) is 0.464. The summed E-state index contributed by atoms with van der Waals surface area (Å²) in [5, 5.41) is 14.9. The van der Waals surface area contributed by atoms with Crippen molar-refractivity contribution in [2.24, 2.45) is 7.05 Å². The van der Waals surface area contributed by atoms with Gasteiger partial charge in [-0.3, -0.25) is 9.59 Å². The van der Waals surface area contributed by atoms with Crippen molar-refractivity contribution >= 4 is 45.9 Å². The molecule has 2 heterocycles. The van der Waals surface area contributed by atoms with Crippen LogP contribution in [0.3, 0.4) is 0 Å². The van der Waals surface area contributed by atoms with E-state index in [1.807, 2.05) is 24.3 Å². The van der Waals surface area contributed by atoms with Crippen molar-refractivity contribution in [3.8, 4) is 0 Å². The minimum absolute atomic E-state index is 0.0166. The van der Waals surface area contributed by atoms with Crippen LogP contribution in [-0.2, 0) is 41.4 Å². The zero-order valence-corrected chi connectivity index (χ0v) is 24.8. The first-order chi connectivity index (χ1) is 18.5. The fourth-order valence-corrected chi connectivity index (χ4v) is 6.44. The number of esters is 1. The molecule has 11 heteroatoms. The number of amides is 2. The third-order valence-corrected chi connectivity index (χ3v) is 8.98. The number of fused-ring (bicyclic) bond motifs is 1. The molecule has 39 heavy (non-hydrogen) atoms. The monoisotopic (exact) mass is 569 g/mol. The molecule has 0 saturated carbocycles. The Labute approximate surface area is 237 Å². The van der Waals surface area contributed by atoms with E-state index >= 15 is 0 Å². The summed E-state index contributed by atoms with van der Waals surface area (Å²) in [6.07, 6.45) is 2.74. The molecule has 0 bridgehead atoms. The van der Waals surface area contributed by atoms with Crippen LogP contribution in [-0.4, -0.2) is 44.4 Å². The quantitative estimate of drug-likeness (QED) is 0.279. The molecule has 0 saturated heterocycles. The molecular weight excluding hydrogens is 534 g/mol. The minimum Gasteiger partial charge on any atom is -0.462 e. The molecular formula is C28H35N5O4S2. The van der Waals surface area contributed by atoms with E-state index in [0.29, 0.717) is 27.1 Å². The zero-order valence-electron chi connectivity index (χ0n) is 23.2. The summed E-state index contributed by atoms with van der Waals surface area (Å²) in [6.45, 7) is 10.4. The summed E-state index contributed by atoms with van der Waals surface area (Å²) in [5.74, 6) is -0.246. The van der Waals surface area contributed by atoms with Crippen LogP contribution < -0.4 is 10.6 Å². The summed E-state index contributed by atoms with van der Waals surface area (Å²) in [6, 6.07) is 7.59. The smallest absolute Gasteiger partial charge is 0.341 e. The maximum atomic E-state index is 13.1. The highest BCUT2D eigenvalue weighted by Crippen LogP contribution is 2.40. The third-order valence-electron chi connectivity index (χ3n) is 6.63. The van der Waals surface area contributed by atoms with Gasteiger partial charge in [0.05, 0.1) is 24.0 Å². The molecule has 0 aliphatic heterocycles. The summed E-state index contributed by atoms with van der Waals surface area (Å²) in [5.41, 5.74) is 3.24. The Morgan fingerprint density at radius 3 is 2.54 bits per heavy atom. The number of anilines is 1. The molecule has 9 nitrogen and oxygen atoms in total. The Morgan fingerprint density at radius 1 is 1.15 bits per heavy atom. The van der Waals surface area contributed by atoms with Gasteiger partial charge in [-0.15, -0.1) is 21.5 Å². The molecule has 1 atom stereocenters. The highest BCUT2D eigenvalue weighted by Gasteiger charge is 2.29. The molecule has 3 aromatic rings. The predicted octanol–water partition coefficient (Wildman–Crippen LogP) is 4.89. The molecule has 2 amide bonds. The van der Waals surface area contributed by atoms with Crippen LogP contribution in [0.1, 0.15) is 83.6 Å². The molecule has 0 radical (unpaired) electrons. The lowest BCUT2D eigenvalue weighted by molar-refractivity contribution is -0.115. The van der Waals surface area contributed by atoms with E-state index in [0.717, 1.165) is 35.3 Å². The molecule has 1 aliphatic rings. The van der Waals surface area contributed by atoms with Crippen LogP contribution in [0.5, 0.6) is 0 Å². The summed E-state index contributed by atoms with van der Waals surface area (Å²) >= 11 is 2.72. The summed E-state index contributed by atoms with van der Waals surface area (Å²) < 4.78 is 7.02. The number of aromatic nitrogens is 3. The van der Waals surface area contributed by atoms with Crippen molar-refractivity contribution in [2.75, 3.05) is 11.9 Å². The van der Waals surface area contributed by atoms with E-state index in [9.17, 15) is 14.4 Å². The number of carbonyl (C=O) groups excluding carboxylic acids is 3.